The van der Waals surface area contributed by atoms with Gasteiger partial charge in [0.25, 0.3) is 0 Å². The molecule has 0 amide bonds. The molecule has 0 atom stereocenters. The molecule has 0 heterocycles. The average Bonchev–Trinajstić information content (AvgIpc) is 1.61. The maximum atomic E-state index is 10.00. The molecule has 0 rings (SSSR count). The first-order chi connectivity index (χ1) is 3.27. The van der Waals surface area contributed by atoms with Gasteiger partial charge in [0.1, 0.15) is 0 Å². The first kappa shape index (κ1) is 7.20. The SMILES string of the molecule is C[I-]COC(C)=O. The van der Waals surface area contributed by atoms with Gasteiger partial charge in [0, 0.05) is 0 Å². The van der Waals surface area contributed by atoms with E-state index in [9.17, 15) is 4.79 Å². The number of rotatable bonds is 2. The number of esters is 1. The molecular weight excluding hydrogens is 207 g/mol. The molecule has 0 aromatic heterocycles. The molecule has 0 saturated heterocycles. The van der Waals surface area contributed by atoms with E-state index in [-0.39, 0.29) is 27.2 Å². The Bertz CT molecular complexity index is 62.7. The number of carbonyl (C=O) groups is 1. The molecule has 0 aromatic rings. The number of hydrogen-bond acceptors (Lipinski definition) is 2. The summed E-state index contributed by atoms with van der Waals surface area (Å²) < 4.78 is 5.26. The molecule has 0 aromatic carbocycles. The molecule has 0 spiro atoms. The Labute approximate surface area is 53.5 Å². The second-order valence-corrected chi connectivity index (χ2v) is 3.16. The van der Waals surface area contributed by atoms with E-state index in [4.69, 9.17) is 0 Å². The van der Waals surface area contributed by atoms with Gasteiger partial charge in [0.05, 0.1) is 0 Å². The van der Waals surface area contributed by atoms with Gasteiger partial charge in [-0.25, -0.2) is 0 Å². The molecule has 0 bridgehead atoms. The van der Waals surface area contributed by atoms with E-state index in [2.05, 4.69) is 9.67 Å². The topological polar surface area (TPSA) is 26.3 Å². The summed E-state index contributed by atoms with van der Waals surface area (Å²) in [7, 11) is 0. The third kappa shape index (κ3) is 6.20. The fraction of sp³-hybridized carbons (Fsp3) is 0.750. The van der Waals surface area contributed by atoms with Crippen LogP contribution in [0.15, 0.2) is 0 Å². The van der Waals surface area contributed by atoms with Gasteiger partial charge in [-0.05, 0) is 0 Å². The predicted molar refractivity (Wildman–Crippen MR) is 22.6 cm³/mol. The Hall–Kier alpha value is 0.200. The summed E-state index contributed by atoms with van der Waals surface area (Å²) in [4.78, 5) is 12.1. The van der Waals surface area contributed by atoms with Crippen molar-refractivity contribution in [3.63, 3.8) is 0 Å². The fourth-order valence-electron chi connectivity index (χ4n) is 0.131. The van der Waals surface area contributed by atoms with Crippen LogP contribution >= 0.6 is 0 Å². The van der Waals surface area contributed by atoms with Crippen LogP contribution in [0.5, 0.6) is 0 Å². The summed E-state index contributed by atoms with van der Waals surface area (Å²) in [6.45, 7) is 1.43. The summed E-state index contributed by atoms with van der Waals surface area (Å²) in [5, 5.41) is 0. The molecular formula is C4H8IO2-. The van der Waals surface area contributed by atoms with E-state index in [1.165, 1.54) is 6.92 Å². The summed E-state index contributed by atoms with van der Waals surface area (Å²) in [5.74, 6) is -0.165. The molecule has 0 aliphatic rings. The van der Waals surface area contributed by atoms with Crippen molar-refractivity contribution in [2.24, 2.45) is 0 Å². The van der Waals surface area contributed by atoms with Crippen molar-refractivity contribution in [2.75, 3.05) is 9.54 Å². The minimum absolute atomic E-state index is 0.131. The van der Waals surface area contributed by atoms with E-state index < -0.39 is 0 Å². The van der Waals surface area contributed by atoms with Crippen LogP contribution in [0.4, 0.5) is 0 Å². The van der Waals surface area contributed by atoms with Crippen molar-refractivity contribution in [2.45, 2.75) is 6.92 Å². The van der Waals surface area contributed by atoms with Gasteiger partial charge in [-0.3, -0.25) is 0 Å². The summed E-state index contributed by atoms with van der Waals surface area (Å²) in [6, 6.07) is 0. The molecule has 0 radical (unpaired) electrons. The van der Waals surface area contributed by atoms with Crippen LogP contribution < -0.4 is 21.2 Å². The summed E-state index contributed by atoms with van der Waals surface area (Å²) >= 11 is 0.131. The molecule has 0 aliphatic heterocycles. The van der Waals surface area contributed by atoms with Crippen molar-refractivity contribution in [3.8, 4) is 0 Å². The first-order valence-electron chi connectivity index (χ1n) is 1.84. The number of halogens is 1. The number of hydrogen-bond donors (Lipinski definition) is 0. The van der Waals surface area contributed by atoms with Gasteiger partial charge in [0.15, 0.2) is 0 Å². The maximum absolute atomic E-state index is 10.00. The summed E-state index contributed by atoms with van der Waals surface area (Å²) in [6.07, 6.45) is 0. The second-order valence-electron chi connectivity index (χ2n) is 1.01. The van der Waals surface area contributed by atoms with Gasteiger partial charge in [-0.15, -0.1) is 0 Å². The van der Waals surface area contributed by atoms with Crippen molar-refractivity contribution in [3.05, 3.63) is 0 Å². The Morgan fingerprint density at radius 1 is 1.86 bits per heavy atom. The first-order valence-corrected chi connectivity index (χ1v) is 5.53. The quantitative estimate of drug-likeness (QED) is 0.283. The number of alkyl halides is 2. The molecule has 2 nitrogen and oxygen atoms in total. The molecule has 44 valence electrons. The van der Waals surface area contributed by atoms with Gasteiger partial charge < -0.3 is 0 Å². The van der Waals surface area contributed by atoms with Crippen LogP contribution in [0.3, 0.4) is 0 Å². The Kier molecular flexibility index (Phi) is 4.49. The minimum atomic E-state index is -0.165. The predicted octanol–water partition coefficient (Wildman–Crippen LogP) is -2.77. The fourth-order valence-corrected chi connectivity index (χ4v) is 0.881. The van der Waals surface area contributed by atoms with Crippen LogP contribution in [0.1, 0.15) is 6.92 Å². The standard InChI is InChI=1S/C4H8IO2/c1-4(6)7-3-5-2/h3H2,1-2H3/q-1. The Balaban J connectivity index is 2.82. The van der Waals surface area contributed by atoms with Crippen molar-refractivity contribution < 1.29 is 30.7 Å². The molecule has 0 unspecified atom stereocenters. The van der Waals surface area contributed by atoms with Crippen molar-refractivity contribution in [1.82, 2.24) is 0 Å². The van der Waals surface area contributed by atoms with E-state index in [0.717, 1.165) is 0 Å². The van der Waals surface area contributed by atoms with Crippen LogP contribution in [-0.2, 0) is 9.53 Å². The number of carbonyl (C=O) groups excluding carboxylic acids is 1. The van der Waals surface area contributed by atoms with Crippen molar-refractivity contribution in [1.29, 1.82) is 0 Å². The van der Waals surface area contributed by atoms with Gasteiger partial charge in [-0.1, -0.05) is 0 Å². The molecule has 0 aliphatic carbocycles. The normalized spacial score (nSPS) is 8.86. The zero-order valence-corrected chi connectivity index (χ0v) is 6.56. The molecule has 0 saturated carbocycles. The molecule has 3 heteroatoms. The zero-order valence-electron chi connectivity index (χ0n) is 4.40. The van der Waals surface area contributed by atoms with E-state index in [0.29, 0.717) is 4.61 Å². The molecule has 0 N–H and O–H groups in total. The Morgan fingerprint density at radius 3 is 2.57 bits per heavy atom. The second kappa shape index (κ2) is 4.36. The molecule has 7 heavy (non-hydrogen) atoms. The van der Waals surface area contributed by atoms with Gasteiger partial charge >= 0.3 is 53.2 Å². The number of ether oxygens (including phenoxy) is 1. The van der Waals surface area contributed by atoms with Crippen molar-refractivity contribution >= 4 is 5.97 Å². The zero-order chi connectivity index (χ0) is 5.70. The van der Waals surface area contributed by atoms with Crippen LogP contribution in [0, 0.1) is 0 Å². The van der Waals surface area contributed by atoms with Crippen LogP contribution in [0.2, 0.25) is 0 Å². The van der Waals surface area contributed by atoms with E-state index in [1.807, 2.05) is 0 Å². The van der Waals surface area contributed by atoms with E-state index >= 15 is 0 Å². The van der Waals surface area contributed by atoms with Crippen LogP contribution in [0.25, 0.3) is 0 Å². The molecule has 0 fully saturated rings. The average molecular weight is 215 g/mol. The monoisotopic (exact) mass is 215 g/mol. The van der Waals surface area contributed by atoms with Gasteiger partial charge in [0.2, 0.25) is 0 Å². The third-order valence-corrected chi connectivity index (χ3v) is 1.30. The van der Waals surface area contributed by atoms with Crippen LogP contribution in [-0.4, -0.2) is 15.5 Å². The van der Waals surface area contributed by atoms with Gasteiger partial charge in [-0.2, -0.15) is 0 Å². The third-order valence-electron chi connectivity index (χ3n) is 0.367. The summed E-state index contributed by atoms with van der Waals surface area (Å²) in [5.41, 5.74) is 0. The Morgan fingerprint density at radius 2 is 2.43 bits per heavy atom. The van der Waals surface area contributed by atoms with E-state index in [1.54, 1.807) is 0 Å².